The van der Waals surface area contributed by atoms with E-state index in [1.165, 1.54) is 0 Å². The molecule has 178 valence electrons. The van der Waals surface area contributed by atoms with Crippen molar-refractivity contribution in [1.29, 1.82) is 0 Å². The highest BCUT2D eigenvalue weighted by Gasteiger charge is 2.31. The summed E-state index contributed by atoms with van der Waals surface area (Å²) in [5.74, 6) is -0.0715. The Bertz CT molecular complexity index is 1070. The second-order valence-electron chi connectivity index (χ2n) is 8.73. The Kier molecular flexibility index (Phi) is 9.55. The Morgan fingerprint density at radius 3 is 1.94 bits per heavy atom. The quantitative estimate of drug-likeness (QED) is 0.377. The standard InChI is InChI=1S/C28H30Cl2N2O2/c1-20(2)18-31-28(34)26(16-21-10-5-3-6-11-21)32(19-23-24(29)14-9-15-25(23)30)27(33)17-22-12-7-4-8-13-22/h3-15,20,26H,16-19H2,1-2H3,(H,31,34). The van der Waals surface area contributed by atoms with E-state index in [1.54, 1.807) is 23.1 Å². The first-order valence-corrected chi connectivity index (χ1v) is 12.2. The van der Waals surface area contributed by atoms with Gasteiger partial charge < -0.3 is 10.2 Å². The van der Waals surface area contributed by atoms with Gasteiger partial charge >= 0.3 is 0 Å². The van der Waals surface area contributed by atoms with E-state index in [2.05, 4.69) is 5.32 Å². The molecule has 0 bridgehead atoms. The molecule has 1 atom stereocenters. The predicted molar refractivity (Wildman–Crippen MR) is 139 cm³/mol. The molecule has 0 aliphatic rings. The van der Waals surface area contributed by atoms with Crippen LogP contribution in [0.4, 0.5) is 0 Å². The van der Waals surface area contributed by atoms with Crippen molar-refractivity contribution in [1.82, 2.24) is 10.2 Å². The molecular formula is C28H30Cl2N2O2. The zero-order valence-electron chi connectivity index (χ0n) is 19.5. The van der Waals surface area contributed by atoms with Gasteiger partial charge in [-0.2, -0.15) is 0 Å². The van der Waals surface area contributed by atoms with Gasteiger partial charge in [-0.1, -0.05) is 104 Å². The van der Waals surface area contributed by atoms with Crippen LogP contribution in [0.2, 0.25) is 10.0 Å². The number of amides is 2. The van der Waals surface area contributed by atoms with Gasteiger partial charge in [-0.25, -0.2) is 0 Å². The lowest BCUT2D eigenvalue weighted by molar-refractivity contribution is -0.140. The molecule has 34 heavy (non-hydrogen) atoms. The number of carbonyl (C=O) groups excluding carboxylic acids is 2. The van der Waals surface area contributed by atoms with Crippen LogP contribution >= 0.6 is 23.2 Å². The van der Waals surface area contributed by atoms with Crippen LogP contribution in [0.15, 0.2) is 78.9 Å². The summed E-state index contributed by atoms with van der Waals surface area (Å²) in [5, 5.41) is 3.95. The third kappa shape index (κ3) is 7.34. The van der Waals surface area contributed by atoms with E-state index in [9.17, 15) is 9.59 Å². The zero-order chi connectivity index (χ0) is 24.5. The lowest BCUT2D eigenvalue weighted by atomic mass is 10.0. The number of hydrogen-bond donors (Lipinski definition) is 1. The molecule has 0 heterocycles. The van der Waals surface area contributed by atoms with E-state index in [0.717, 1.165) is 11.1 Å². The lowest BCUT2D eigenvalue weighted by Crippen LogP contribution is -2.51. The molecule has 6 heteroatoms. The van der Waals surface area contributed by atoms with Crippen molar-refractivity contribution in [2.24, 2.45) is 5.92 Å². The minimum atomic E-state index is -0.718. The Labute approximate surface area is 211 Å². The molecule has 0 saturated heterocycles. The molecular weight excluding hydrogens is 467 g/mol. The summed E-state index contributed by atoms with van der Waals surface area (Å²) in [6, 6.07) is 23.8. The van der Waals surface area contributed by atoms with Gasteiger partial charge in [0.05, 0.1) is 6.42 Å². The van der Waals surface area contributed by atoms with Crippen molar-refractivity contribution in [3.8, 4) is 0 Å². The van der Waals surface area contributed by atoms with E-state index in [1.807, 2.05) is 74.5 Å². The van der Waals surface area contributed by atoms with Crippen LogP contribution in [0, 0.1) is 5.92 Å². The smallest absolute Gasteiger partial charge is 0.243 e. The molecule has 0 spiro atoms. The first-order valence-electron chi connectivity index (χ1n) is 11.4. The first kappa shape index (κ1) is 25.8. The van der Waals surface area contributed by atoms with E-state index in [4.69, 9.17) is 23.2 Å². The average molecular weight is 497 g/mol. The van der Waals surface area contributed by atoms with Crippen molar-refractivity contribution in [3.05, 3.63) is 106 Å². The molecule has 0 fully saturated rings. The van der Waals surface area contributed by atoms with Gasteiger partial charge in [0.25, 0.3) is 0 Å². The second-order valence-corrected chi connectivity index (χ2v) is 9.54. The molecule has 0 aliphatic carbocycles. The van der Waals surface area contributed by atoms with E-state index >= 15 is 0 Å². The maximum absolute atomic E-state index is 13.7. The minimum Gasteiger partial charge on any atom is -0.354 e. The zero-order valence-corrected chi connectivity index (χ0v) is 21.0. The monoisotopic (exact) mass is 496 g/mol. The van der Waals surface area contributed by atoms with Gasteiger partial charge in [-0.3, -0.25) is 9.59 Å². The van der Waals surface area contributed by atoms with Gasteiger partial charge in [0.1, 0.15) is 6.04 Å². The van der Waals surface area contributed by atoms with Gasteiger partial charge in [0.2, 0.25) is 11.8 Å². The molecule has 1 N–H and O–H groups in total. The molecule has 0 radical (unpaired) electrons. The summed E-state index contributed by atoms with van der Waals surface area (Å²) in [4.78, 5) is 28.7. The number of hydrogen-bond acceptors (Lipinski definition) is 2. The summed E-state index contributed by atoms with van der Waals surface area (Å²) in [7, 11) is 0. The van der Waals surface area contributed by atoms with Crippen LogP contribution in [0.25, 0.3) is 0 Å². The first-order chi connectivity index (χ1) is 16.3. The van der Waals surface area contributed by atoms with E-state index in [0.29, 0.717) is 28.6 Å². The predicted octanol–water partition coefficient (Wildman–Crippen LogP) is 5.95. The molecule has 3 rings (SSSR count). The maximum atomic E-state index is 13.7. The highest BCUT2D eigenvalue weighted by molar-refractivity contribution is 6.36. The van der Waals surface area contributed by atoms with Gasteiger partial charge in [0.15, 0.2) is 0 Å². The number of rotatable bonds is 10. The summed E-state index contributed by atoms with van der Waals surface area (Å²) in [5.41, 5.74) is 2.47. The second kappa shape index (κ2) is 12.6. The Morgan fingerprint density at radius 2 is 1.38 bits per heavy atom. The molecule has 1 unspecified atom stereocenters. The normalized spacial score (nSPS) is 11.8. The molecule has 0 saturated carbocycles. The summed E-state index contributed by atoms with van der Waals surface area (Å²) in [6.45, 7) is 4.73. The third-order valence-corrected chi connectivity index (χ3v) is 6.25. The van der Waals surface area contributed by atoms with Crippen LogP contribution < -0.4 is 5.32 Å². The number of carbonyl (C=O) groups is 2. The summed E-state index contributed by atoms with van der Waals surface area (Å²) >= 11 is 12.9. The van der Waals surface area contributed by atoms with Crippen molar-refractivity contribution in [3.63, 3.8) is 0 Å². The highest BCUT2D eigenvalue weighted by Crippen LogP contribution is 2.27. The average Bonchev–Trinajstić information content (AvgIpc) is 2.82. The largest absolute Gasteiger partial charge is 0.354 e. The molecule has 3 aromatic rings. The number of nitrogens with zero attached hydrogens (tertiary/aromatic N) is 1. The van der Waals surface area contributed by atoms with Crippen molar-refractivity contribution < 1.29 is 9.59 Å². The summed E-state index contributed by atoms with van der Waals surface area (Å²) < 4.78 is 0. The molecule has 0 aromatic heterocycles. The van der Waals surface area contributed by atoms with Crippen molar-refractivity contribution in [2.75, 3.05) is 6.54 Å². The van der Waals surface area contributed by atoms with Gasteiger partial charge in [-0.15, -0.1) is 0 Å². The van der Waals surface area contributed by atoms with Crippen molar-refractivity contribution >= 4 is 35.0 Å². The fourth-order valence-corrected chi connectivity index (χ4v) is 4.22. The van der Waals surface area contributed by atoms with E-state index < -0.39 is 6.04 Å². The third-order valence-electron chi connectivity index (χ3n) is 5.54. The SMILES string of the molecule is CC(C)CNC(=O)C(Cc1ccccc1)N(Cc1c(Cl)cccc1Cl)C(=O)Cc1ccccc1. The van der Waals surface area contributed by atoms with Crippen LogP contribution in [0.3, 0.4) is 0 Å². The maximum Gasteiger partial charge on any atom is 0.243 e. The highest BCUT2D eigenvalue weighted by atomic mass is 35.5. The Balaban J connectivity index is 1.99. The molecule has 2 amide bonds. The Morgan fingerprint density at radius 1 is 0.824 bits per heavy atom. The molecule has 3 aromatic carbocycles. The van der Waals surface area contributed by atoms with E-state index in [-0.39, 0.29) is 30.7 Å². The van der Waals surface area contributed by atoms with Crippen LogP contribution in [0.1, 0.15) is 30.5 Å². The minimum absolute atomic E-state index is 0.136. The number of halogens is 2. The van der Waals surface area contributed by atoms with Crippen LogP contribution in [-0.2, 0) is 29.0 Å². The fraction of sp³-hybridized carbons (Fsp3) is 0.286. The topological polar surface area (TPSA) is 49.4 Å². The van der Waals surface area contributed by atoms with Crippen LogP contribution in [0.5, 0.6) is 0 Å². The molecule has 0 aliphatic heterocycles. The van der Waals surface area contributed by atoms with Crippen LogP contribution in [-0.4, -0.2) is 29.3 Å². The van der Waals surface area contributed by atoms with Gasteiger partial charge in [0, 0.05) is 35.1 Å². The van der Waals surface area contributed by atoms with Crippen molar-refractivity contribution in [2.45, 2.75) is 39.3 Å². The summed E-state index contributed by atoms with van der Waals surface area (Å²) in [6.07, 6.45) is 0.555. The lowest BCUT2D eigenvalue weighted by Gasteiger charge is -2.32. The Hall–Kier alpha value is -2.82. The van der Waals surface area contributed by atoms with Gasteiger partial charge in [-0.05, 0) is 29.2 Å². The number of benzene rings is 3. The fourth-order valence-electron chi connectivity index (χ4n) is 3.70. The number of nitrogens with one attached hydrogen (secondary N) is 1. The molecule has 4 nitrogen and oxygen atoms in total.